The second-order valence-electron chi connectivity index (χ2n) is 10.00. The van der Waals surface area contributed by atoms with E-state index in [1.807, 2.05) is 73.7 Å². The SMILES string of the molecule is Cc1ccc(-n2c(-c3ccccc3NS(=O)(=O)c3ccc(C)cc3)nc(-c3ccccc3)c2-c2ccccc2)cc1. The van der Waals surface area contributed by atoms with Gasteiger partial charge in [-0.05, 0) is 50.2 Å². The highest BCUT2D eigenvalue weighted by atomic mass is 32.2. The van der Waals surface area contributed by atoms with Gasteiger partial charge in [0.25, 0.3) is 10.0 Å². The molecular weight excluding hydrogens is 526 g/mol. The summed E-state index contributed by atoms with van der Waals surface area (Å²) in [5.41, 5.74) is 7.89. The molecule has 6 aromatic rings. The van der Waals surface area contributed by atoms with E-state index < -0.39 is 10.0 Å². The number of aromatic nitrogens is 2. The first-order valence-corrected chi connectivity index (χ1v) is 14.9. The molecule has 0 amide bonds. The van der Waals surface area contributed by atoms with Gasteiger partial charge in [0.05, 0.1) is 22.0 Å². The number of sulfonamides is 1. The van der Waals surface area contributed by atoms with Crippen LogP contribution in [0.15, 0.2) is 138 Å². The van der Waals surface area contributed by atoms with Gasteiger partial charge < -0.3 is 0 Å². The minimum atomic E-state index is -3.84. The van der Waals surface area contributed by atoms with Crippen molar-refractivity contribution in [1.29, 1.82) is 0 Å². The van der Waals surface area contributed by atoms with Gasteiger partial charge in [-0.2, -0.15) is 0 Å². The van der Waals surface area contributed by atoms with Crippen molar-refractivity contribution in [2.75, 3.05) is 4.72 Å². The Bertz CT molecular complexity index is 1910. The lowest BCUT2D eigenvalue weighted by molar-refractivity contribution is 0.601. The Labute approximate surface area is 240 Å². The van der Waals surface area contributed by atoms with E-state index in [1.54, 1.807) is 30.3 Å². The Morgan fingerprint density at radius 2 is 1.15 bits per heavy atom. The van der Waals surface area contributed by atoms with Gasteiger partial charge in [-0.3, -0.25) is 9.29 Å². The number of benzene rings is 5. The van der Waals surface area contributed by atoms with Crippen molar-refractivity contribution in [1.82, 2.24) is 9.55 Å². The maximum atomic E-state index is 13.5. The van der Waals surface area contributed by atoms with Crippen molar-refractivity contribution in [3.63, 3.8) is 0 Å². The predicted molar refractivity (Wildman–Crippen MR) is 167 cm³/mol. The summed E-state index contributed by atoms with van der Waals surface area (Å²) in [5, 5.41) is 0. The number of imidazole rings is 1. The Morgan fingerprint density at radius 3 is 1.78 bits per heavy atom. The first kappa shape index (κ1) is 26.3. The van der Waals surface area contributed by atoms with E-state index in [-0.39, 0.29) is 4.90 Å². The van der Waals surface area contributed by atoms with Crippen LogP contribution in [0.4, 0.5) is 5.69 Å². The van der Waals surface area contributed by atoms with Crippen LogP contribution in [0, 0.1) is 13.8 Å². The minimum absolute atomic E-state index is 0.203. The van der Waals surface area contributed by atoms with Crippen LogP contribution in [-0.2, 0) is 10.0 Å². The summed E-state index contributed by atoms with van der Waals surface area (Å²) in [6.45, 7) is 3.99. The highest BCUT2D eigenvalue weighted by Crippen LogP contribution is 2.40. The summed E-state index contributed by atoms with van der Waals surface area (Å²) in [7, 11) is -3.84. The summed E-state index contributed by atoms with van der Waals surface area (Å²) in [4.78, 5) is 5.43. The molecule has 0 saturated carbocycles. The van der Waals surface area contributed by atoms with E-state index in [2.05, 4.69) is 52.6 Å². The summed E-state index contributed by atoms with van der Waals surface area (Å²) in [5.74, 6) is 0.633. The standard InChI is InChI=1S/C35H29N3O2S/c1-25-17-21-29(22-18-25)38-34(28-13-7-4-8-14-28)33(27-11-5-3-6-12-27)36-35(38)31-15-9-10-16-32(31)37-41(39,40)30-23-19-26(2)20-24-30/h3-24,37H,1-2H3. The lowest BCUT2D eigenvalue weighted by Crippen LogP contribution is -2.14. The van der Waals surface area contributed by atoms with Crippen molar-refractivity contribution in [3.8, 4) is 39.6 Å². The zero-order chi connectivity index (χ0) is 28.4. The van der Waals surface area contributed by atoms with Gasteiger partial charge in [0.2, 0.25) is 0 Å². The quantitative estimate of drug-likeness (QED) is 0.216. The average molecular weight is 556 g/mol. The van der Waals surface area contributed by atoms with E-state index in [1.165, 1.54) is 0 Å². The largest absolute Gasteiger partial charge is 0.292 e. The van der Waals surface area contributed by atoms with E-state index in [0.29, 0.717) is 17.1 Å². The molecule has 0 spiro atoms. The van der Waals surface area contributed by atoms with Gasteiger partial charge in [-0.1, -0.05) is 108 Å². The van der Waals surface area contributed by atoms with Crippen molar-refractivity contribution in [2.24, 2.45) is 0 Å². The fourth-order valence-electron chi connectivity index (χ4n) is 4.89. The highest BCUT2D eigenvalue weighted by molar-refractivity contribution is 7.92. The Balaban J connectivity index is 1.61. The molecule has 6 rings (SSSR count). The van der Waals surface area contributed by atoms with Gasteiger partial charge in [-0.15, -0.1) is 0 Å². The second kappa shape index (κ2) is 10.9. The maximum Gasteiger partial charge on any atom is 0.261 e. The summed E-state index contributed by atoms with van der Waals surface area (Å²) in [6.07, 6.45) is 0. The van der Waals surface area contributed by atoms with Gasteiger partial charge >= 0.3 is 0 Å². The summed E-state index contributed by atoms with van der Waals surface area (Å²) >= 11 is 0. The zero-order valence-corrected chi connectivity index (χ0v) is 23.6. The number of hydrogen-bond donors (Lipinski definition) is 1. The average Bonchev–Trinajstić information content (AvgIpc) is 3.39. The van der Waals surface area contributed by atoms with Crippen LogP contribution in [0.1, 0.15) is 11.1 Å². The molecule has 1 aromatic heterocycles. The van der Waals surface area contributed by atoms with Crippen LogP contribution in [-0.4, -0.2) is 18.0 Å². The molecular formula is C35H29N3O2S. The van der Waals surface area contributed by atoms with Crippen molar-refractivity contribution in [3.05, 3.63) is 145 Å². The van der Waals surface area contributed by atoms with Crippen molar-refractivity contribution in [2.45, 2.75) is 18.7 Å². The monoisotopic (exact) mass is 555 g/mol. The summed E-state index contributed by atoms with van der Waals surface area (Å²) < 4.78 is 31.9. The Morgan fingerprint density at radius 1 is 0.610 bits per heavy atom. The molecule has 1 heterocycles. The first-order valence-electron chi connectivity index (χ1n) is 13.4. The molecule has 0 aliphatic carbocycles. The van der Waals surface area contributed by atoms with Gasteiger partial charge in [0, 0.05) is 22.4 Å². The van der Waals surface area contributed by atoms with E-state index in [4.69, 9.17) is 4.98 Å². The molecule has 0 atom stereocenters. The fraction of sp³-hybridized carbons (Fsp3) is 0.0571. The number of rotatable bonds is 7. The normalized spacial score (nSPS) is 11.4. The molecule has 0 unspecified atom stereocenters. The maximum absolute atomic E-state index is 13.5. The molecule has 202 valence electrons. The van der Waals surface area contributed by atoms with Crippen LogP contribution in [0.25, 0.3) is 39.6 Å². The van der Waals surface area contributed by atoms with E-state index >= 15 is 0 Å². The third kappa shape index (κ3) is 5.30. The third-order valence-corrected chi connectivity index (χ3v) is 8.39. The smallest absolute Gasteiger partial charge is 0.261 e. The number of para-hydroxylation sites is 1. The molecule has 0 radical (unpaired) electrons. The van der Waals surface area contributed by atoms with Gasteiger partial charge in [0.1, 0.15) is 5.82 Å². The lowest BCUT2D eigenvalue weighted by atomic mass is 10.0. The van der Waals surface area contributed by atoms with Crippen LogP contribution in [0.2, 0.25) is 0 Å². The molecule has 0 aliphatic heterocycles. The number of anilines is 1. The zero-order valence-electron chi connectivity index (χ0n) is 22.8. The second-order valence-corrected chi connectivity index (χ2v) is 11.7. The van der Waals surface area contributed by atoms with Crippen molar-refractivity contribution >= 4 is 15.7 Å². The molecule has 6 heteroatoms. The topological polar surface area (TPSA) is 64.0 Å². The molecule has 1 N–H and O–H groups in total. The van der Waals surface area contributed by atoms with Crippen LogP contribution in [0.5, 0.6) is 0 Å². The molecule has 0 saturated heterocycles. The number of nitrogens with zero attached hydrogens (tertiary/aromatic N) is 2. The number of hydrogen-bond acceptors (Lipinski definition) is 3. The summed E-state index contributed by atoms with van der Waals surface area (Å²) in [6, 6.07) is 42.8. The van der Waals surface area contributed by atoms with E-state index in [0.717, 1.165) is 39.3 Å². The number of aryl methyl sites for hydroxylation is 2. The molecule has 0 aliphatic rings. The molecule has 41 heavy (non-hydrogen) atoms. The Hall–Kier alpha value is -4.94. The molecule has 0 fully saturated rings. The van der Waals surface area contributed by atoms with Gasteiger partial charge in [-0.25, -0.2) is 13.4 Å². The molecule has 0 bridgehead atoms. The lowest BCUT2D eigenvalue weighted by Gasteiger charge is -2.16. The Kier molecular flexibility index (Phi) is 7.00. The van der Waals surface area contributed by atoms with Crippen LogP contribution < -0.4 is 4.72 Å². The molecule has 5 nitrogen and oxygen atoms in total. The minimum Gasteiger partial charge on any atom is -0.292 e. The van der Waals surface area contributed by atoms with E-state index in [9.17, 15) is 8.42 Å². The van der Waals surface area contributed by atoms with Crippen molar-refractivity contribution < 1.29 is 8.42 Å². The van der Waals surface area contributed by atoms with Gasteiger partial charge in [0.15, 0.2) is 0 Å². The van der Waals surface area contributed by atoms with Crippen LogP contribution >= 0.6 is 0 Å². The highest BCUT2D eigenvalue weighted by Gasteiger charge is 2.25. The molecule has 5 aromatic carbocycles. The predicted octanol–water partition coefficient (Wildman–Crippen LogP) is 8.29. The first-order chi connectivity index (χ1) is 19.9. The third-order valence-electron chi connectivity index (χ3n) is 7.01. The number of nitrogens with one attached hydrogen (secondary N) is 1. The fourth-order valence-corrected chi connectivity index (χ4v) is 5.97. The van der Waals surface area contributed by atoms with Crippen LogP contribution in [0.3, 0.4) is 0 Å².